The molecule has 1 fully saturated rings. The molecule has 0 radical (unpaired) electrons. The Hall–Kier alpha value is -1.62. The smallest absolute Gasteiger partial charge is 0.243 e. The number of rotatable bonds is 2. The first-order valence-corrected chi connectivity index (χ1v) is 5.07. The summed E-state index contributed by atoms with van der Waals surface area (Å²) in [7, 11) is 0. The molecule has 0 aliphatic heterocycles. The molecule has 78 valence electrons. The Morgan fingerprint density at radius 2 is 2.40 bits per heavy atom. The van der Waals surface area contributed by atoms with Crippen molar-refractivity contribution in [3.8, 4) is 0 Å². The van der Waals surface area contributed by atoms with Gasteiger partial charge in [-0.3, -0.25) is 0 Å². The van der Waals surface area contributed by atoms with Crippen LogP contribution in [-0.4, -0.2) is 26.7 Å². The van der Waals surface area contributed by atoms with Gasteiger partial charge in [-0.05, 0) is 31.0 Å². The highest BCUT2D eigenvalue weighted by Crippen LogP contribution is 2.22. The van der Waals surface area contributed by atoms with E-state index in [9.17, 15) is 0 Å². The van der Waals surface area contributed by atoms with Crippen molar-refractivity contribution in [1.29, 1.82) is 0 Å². The fourth-order valence-electron chi connectivity index (χ4n) is 1.59. The molecule has 15 heavy (non-hydrogen) atoms. The fourth-order valence-corrected chi connectivity index (χ4v) is 1.59. The maximum atomic E-state index is 5.71. The summed E-state index contributed by atoms with van der Waals surface area (Å²) in [5.41, 5.74) is 7.76. The van der Waals surface area contributed by atoms with Crippen molar-refractivity contribution in [2.24, 2.45) is 5.73 Å². The minimum atomic E-state index is 0.262. The Bertz CT molecular complexity index is 503. The SMILES string of the molecule is Cc1ccn2nc(NC3CC3N)nc2c1. The second kappa shape index (κ2) is 2.93. The molecule has 1 aliphatic rings. The molecule has 0 aromatic carbocycles. The second-order valence-electron chi connectivity index (χ2n) is 4.09. The van der Waals surface area contributed by atoms with Gasteiger partial charge >= 0.3 is 0 Å². The Kier molecular flexibility index (Phi) is 1.70. The van der Waals surface area contributed by atoms with Gasteiger partial charge in [-0.2, -0.15) is 4.98 Å². The summed E-state index contributed by atoms with van der Waals surface area (Å²) in [5.74, 6) is 0.665. The average molecular weight is 203 g/mol. The van der Waals surface area contributed by atoms with Crippen LogP contribution in [-0.2, 0) is 0 Å². The lowest BCUT2D eigenvalue weighted by Gasteiger charge is -1.95. The van der Waals surface area contributed by atoms with Crippen molar-refractivity contribution in [3.63, 3.8) is 0 Å². The van der Waals surface area contributed by atoms with Gasteiger partial charge < -0.3 is 11.1 Å². The molecule has 0 bridgehead atoms. The highest BCUT2D eigenvalue weighted by Gasteiger charge is 2.34. The van der Waals surface area contributed by atoms with E-state index in [0.29, 0.717) is 12.0 Å². The van der Waals surface area contributed by atoms with Crippen molar-refractivity contribution in [2.75, 3.05) is 5.32 Å². The topological polar surface area (TPSA) is 68.2 Å². The zero-order valence-corrected chi connectivity index (χ0v) is 8.51. The lowest BCUT2D eigenvalue weighted by molar-refractivity contribution is 0.934. The Morgan fingerprint density at radius 3 is 3.13 bits per heavy atom. The van der Waals surface area contributed by atoms with Crippen LogP contribution in [0.3, 0.4) is 0 Å². The Labute approximate surface area is 87.3 Å². The van der Waals surface area contributed by atoms with Gasteiger partial charge in [-0.25, -0.2) is 4.52 Å². The summed E-state index contributed by atoms with van der Waals surface area (Å²) < 4.78 is 1.77. The number of nitrogens with one attached hydrogen (secondary N) is 1. The molecule has 2 heterocycles. The molecule has 0 saturated heterocycles. The molecule has 3 N–H and O–H groups in total. The summed E-state index contributed by atoms with van der Waals surface area (Å²) in [6.45, 7) is 2.04. The van der Waals surface area contributed by atoms with Crippen LogP contribution >= 0.6 is 0 Å². The molecule has 3 rings (SSSR count). The van der Waals surface area contributed by atoms with Gasteiger partial charge in [0, 0.05) is 18.3 Å². The molecule has 0 spiro atoms. The number of fused-ring (bicyclic) bond motifs is 1. The van der Waals surface area contributed by atoms with Crippen LogP contribution in [0, 0.1) is 6.92 Å². The molecule has 1 saturated carbocycles. The molecule has 5 nitrogen and oxygen atoms in total. The van der Waals surface area contributed by atoms with Gasteiger partial charge in [0.1, 0.15) is 0 Å². The lowest BCUT2D eigenvalue weighted by Crippen LogP contribution is -2.13. The van der Waals surface area contributed by atoms with Gasteiger partial charge in [-0.15, -0.1) is 5.10 Å². The monoisotopic (exact) mass is 203 g/mol. The van der Waals surface area contributed by atoms with Gasteiger partial charge in [0.2, 0.25) is 5.95 Å². The quantitative estimate of drug-likeness (QED) is 0.748. The van der Waals surface area contributed by atoms with Gasteiger partial charge in [0.05, 0.1) is 0 Å². The standard InChI is InChI=1S/C10H13N5/c1-6-2-3-15-9(4-6)13-10(14-15)12-8-5-7(8)11/h2-4,7-8H,5,11H2,1H3,(H,12,14). The Morgan fingerprint density at radius 1 is 1.60 bits per heavy atom. The number of hydrogen-bond donors (Lipinski definition) is 2. The lowest BCUT2D eigenvalue weighted by atomic mass is 10.3. The molecule has 1 aliphatic carbocycles. The Balaban J connectivity index is 1.92. The van der Waals surface area contributed by atoms with Crippen molar-refractivity contribution >= 4 is 11.6 Å². The third kappa shape index (κ3) is 1.55. The highest BCUT2D eigenvalue weighted by molar-refractivity contribution is 5.46. The molecule has 2 aromatic heterocycles. The number of pyridine rings is 1. The third-order valence-corrected chi connectivity index (χ3v) is 2.65. The molecule has 0 amide bonds. The average Bonchev–Trinajstić information content (AvgIpc) is 2.75. The first-order valence-electron chi connectivity index (χ1n) is 5.07. The van der Waals surface area contributed by atoms with Crippen LogP contribution in [0.4, 0.5) is 5.95 Å². The summed E-state index contributed by atoms with van der Waals surface area (Å²) >= 11 is 0. The normalized spacial score (nSPS) is 24.4. The largest absolute Gasteiger partial charge is 0.349 e. The molecule has 2 unspecified atom stereocenters. The van der Waals surface area contributed by atoms with Crippen molar-refractivity contribution in [3.05, 3.63) is 23.9 Å². The molecule has 2 atom stereocenters. The number of anilines is 1. The zero-order chi connectivity index (χ0) is 10.4. The number of aryl methyl sites for hydroxylation is 1. The van der Waals surface area contributed by atoms with E-state index in [1.807, 2.05) is 25.3 Å². The van der Waals surface area contributed by atoms with Crippen LogP contribution in [0.2, 0.25) is 0 Å². The van der Waals surface area contributed by atoms with E-state index < -0.39 is 0 Å². The predicted molar refractivity (Wildman–Crippen MR) is 57.7 cm³/mol. The van der Waals surface area contributed by atoms with E-state index >= 15 is 0 Å². The first kappa shape index (κ1) is 8.67. The van der Waals surface area contributed by atoms with Gasteiger partial charge in [-0.1, -0.05) is 0 Å². The maximum absolute atomic E-state index is 5.71. The van der Waals surface area contributed by atoms with E-state index in [1.165, 1.54) is 5.56 Å². The van der Waals surface area contributed by atoms with Crippen LogP contribution in [0.5, 0.6) is 0 Å². The van der Waals surface area contributed by atoms with E-state index in [2.05, 4.69) is 15.4 Å². The molecule has 5 heteroatoms. The third-order valence-electron chi connectivity index (χ3n) is 2.65. The number of nitrogens with two attached hydrogens (primary N) is 1. The summed E-state index contributed by atoms with van der Waals surface area (Å²) in [6, 6.07) is 4.63. The van der Waals surface area contributed by atoms with E-state index in [4.69, 9.17) is 5.73 Å². The predicted octanol–water partition coefficient (Wildman–Crippen LogP) is 0.549. The summed E-state index contributed by atoms with van der Waals surface area (Å²) in [4.78, 5) is 4.37. The van der Waals surface area contributed by atoms with E-state index in [0.717, 1.165) is 12.1 Å². The van der Waals surface area contributed by atoms with Crippen LogP contribution in [0.15, 0.2) is 18.3 Å². The van der Waals surface area contributed by atoms with Gasteiger partial charge in [0.15, 0.2) is 5.65 Å². The van der Waals surface area contributed by atoms with Crippen LogP contribution in [0.25, 0.3) is 5.65 Å². The van der Waals surface area contributed by atoms with Gasteiger partial charge in [0.25, 0.3) is 0 Å². The highest BCUT2D eigenvalue weighted by atomic mass is 15.4. The summed E-state index contributed by atoms with van der Waals surface area (Å²) in [6.07, 6.45) is 2.92. The van der Waals surface area contributed by atoms with E-state index in [-0.39, 0.29) is 6.04 Å². The fraction of sp³-hybridized carbons (Fsp3) is 0.400. The van der Waals surface area contributed by atoms with Crippen molar-refractivity contribution in [2.45, 2.75) is 25.4 Å². The maximum Gasteiger partial charge on any atom is 0.243 e. The zero-order valence-electron chi connectivity index (χ0n) is 8.51. The number of aromatic nitrogens is 3. The number of hydrogen-bond acceptors (Lipinski definition) is 4. The molecule has 2 aromatic rings. The van der Waals surface area contributed by atoms with Crippen molar-refractivity contribution in [1.82, 2.24) is 14.6 Å². The second-order valence-corrected chi connectivity index (χ2v) is 4.09. The van der Waals surface area contributed by atoms with E-state index in [1.54, 1.807) is 4.52 Å². The first-order chi connectivity index (χ1) is 7.22. The van der Waals surface area contributed by atoms with Crippen LogP contribution in [0.1, 0.15) is 12.0 Å². The molecular formula is C10H13N5. The molecular weight excluding hydrogens is 190 g/mol. The minimum absolute atomic E-state index is 0.262. The summed E-state index contributed by atoms with van der Waals surface area (Å²) in [5, 5.41) is 7.51. The van der Waals surface area contributed by atoms with Crippen molar-refractivity contribution < 1.29 is 0 Å². The van der Waals surface area contributed by atoms with Crippen LogP contribution < -0.4 is 11.1 Å². The number of nitrogens with zero attached hydrogens (tertiary/aromatic N) is 3. The minimum Gasteiger partial charge on any atom is -0.349 e.